The monoisotopic (exact) mass is 259 g/mol. The number of Topliss-reactive ketones (excluding diaryl/α,β-unsaturated/α-hetero) is 1. The summed E-state index contributed by atoms with van der Waals surface area (Å²) in [6, 6.07) is 6.42. The van der Waals surface area contributed by atoms with E-state index in [1.165, 1.54) is 11.1 Å². The van der Waals surface area contributed by atoms with Gasteiger partial charge in [0.15, 0.2) is 0 Å². The highest BCUT2D eigenvalue weighted by molar-refractivity contribution is 6.10. The second-order valence-electron chi connectivity index (χ2n) is 4.89. The van der Waals surface area contributed by atoms with Gasteiger partial charge in [0.1, 0.15) is 5.78 Å². The summed E-state index contributed by atoms with van der Waals surface area (Å²) >= 11 is 0. The van der Waals surface area contributed by atoms with Crippen LogP contribution in [0.5, 0.6) is 0 Å². The van der Waals surface area contributed by atoms with Gasteiger partial charge in [0.05, 0.1) is 12.1 Å². The van der Waals surface area contributed by atoms with E-state index in [1.54, 1.807) is 14.0 Å². The third-order valence-corrected chi connectivity index (χ3v) is 3.34. The van der Waals surface area contributed by atoms with E-state index < -0.39 is 0 Å². The Hall–Kier alpha value is -1.68. The van der Waals surface area contributed by atoms with Crippen LogP contribution in [0.1, 0.15) is 30.0 Å². The first-order valence-electron chi connectivity index (χ1n) is 6.76. The number of benzene rings is 1. The maximum absolute atomic E-state index is 11.3. The second kappa shape index (κ2) is 6.48. The van der Waals surface area contributed by atoms with Gasteiger partial charge >= 0.3 is 0 Å². The molecule has 0 saturated heterocycles. The van der Waals surface area contributed by atoms with E-state index in [4.69, 9.17) is 0 Å². The molecule has 19 heavy (non-hydrogen) atoms. The average molecular weight is 259 g/mol. The topological polar surface area (TPSA) is 53.5 Å². The van der Waals surface area contributed by atoms with Crippen molar-refractivity contribution >= 4 is 11.5 Å². The molecule has 102 valence electrons. The van der Waals surface area contributed by atoms with Gasteiger partial charge in [-0.25, -0.2) is 0 Å². The molecule has 0 spiro atoms. The summed E-state index contributed by atoms with van der Waals surface area (Å²) in [5.41, 5.74) is 7.42. The van der Waals surface area contributed by atoms with Crippen molar-refractivity contribution in [2.45, 2.75) is 26.2 Å². The number of nitrogens with zero attached hydrogens (tertiary/aromatic N) is 1. The van der Waals surface area contributed by atoms with Crippen molar-refractivity contribution in [2.24, 2.45) is 5.10 Å². The molecule has 0 aliphatic carbocycles. The standard InChI is InChI=1S/C15H21N3O/c1-11(19)9-15(18-16-2)14-4-3-12-5-7-17-8-6-13(12)10-14/h3-4,10,16-17H,5-9H2,1-2H3/b18-15+. The van der Waals surface area contributed by atoms with Crippen molar-refractivity contribution in [3.8, 4) is 0 Å². The molecule has 0 aromatic heterocycles. The summed E-state index contributed by atoms with van der Waals surface area (Å²) in [5, 5.41) is 7.64. The fourth-order valence-electron chi connectivity index (χ4n) is 2.43. The molecule has 2 N–H and O–H groups in total. The Morgan fingerprint density at radius 2 is 2.05 bits per heavy atom. The van der Waals surface area contributed by atoms with Gasteiger partial charge in [0.25, 0.3) is 0 Å². The zero-order valence-corrected chi connectivity index (χ0v) is 11.6. The molecule has 1 aromatic rings. The zero-order valence-electron chi connectivity index (χ0n) is 11.6. The normalized spacial score (nSPS) is 15.6. The molecule has 4 nitrogen and oxygen atoms in total. The summed E-state index contributed by atoms with van der Waals surface area (Å²) in [6.45, 7) is 3.65. The number of ketones is 1. The van der Waals surface area contributed by atoms with Gasteiger partial charge in [-0.1, -0.05) is 12.1 Å². The van der Waals surface area contributed by atoms with Crippen LogP contribution in [0.4, 0.5) is 0 Å². The van der Waals surface area contributed by atoms with E-state index in [0.717, 1.165) is 37.2 Å². The van der Waals surface area contributed by atoms with Gasteiger partial charge in [-0.05, 0) is 55.6 Å². The average Bonchev–Trinajstić information content (AvgIpc) is 2.62. The molecular formula is C15H21N3O. The number of rotatable bonds is 4. The first-order valence-corrected chi connectivity index (χ1v) is 6.76. The number of carbonyl (C=O) groups is 1. The molecule has 1 aliphatic heterocycles. The lowest BCUT2D eigenvalue weighted by Gasteiger charge is -2.10. The summed E-state index contributed by atoms with van der Waals surface area (Å²) in [7, 11) is 1.76. The molecule has 0 unspecified atom stereocenters. The van der Waals surface area contributed by atoms with Crippen LogP contribution in [-0.4, -0.2) is 31.6 Å². The molecule has 0 saturated carbocycles. The molecule has 1 heterocycles. The van der Waals surface area contributed by atoms with Gasteiger partial charge in [-0.3, -0.25) is 4.79 Å². The summed E-state index contributed by atoms with van der Waals surface area (Å²) in [4.78, 5) is 11.3. The smallest absolute Gasteiger partial charge is 0.135 e. The molecule has 0 fully saturated rings. The van der Waals surface area contributed by atoms with Gasteiger partial charge in [-0.15, -0.1) is 0 Å². The summed E-state index contributed by atoms with van der Waals surface area (Å²) in [5.74, 6) is 0.130. The Bertz CT molecular complexity index is 494. The highest BCUT2D eigenvalue weighted by atomic mass is 16.1. The van der Waals surface area contributed by atoms with E-state index >= 15 is 0 Å². The molecular weight excluding hydrogens is 238 g/mol. The third-order valence-electron chi connectivity index (χ3n) is 3.34. The maximum atomic E-state index is 11.3. The lowest BCUT2D eigenvalue weighted by atomic mass is 9.96. The largest absolute Gasteiger partial charge is 0.316 e. The number of carbonyl (C=O) groups excluding carboxylic acids is 1. The first kappa shape index (κ1) is 13.7. The minimum atomic E-state index is 0.130. The molecule has 1 aromatic carbocycles. The van der Waals surface area contributed by atoms with Gasteiger partial charge in [0, 0.05) is 7.05 Å². The molecule has 4 heteroatoms. The van der Waals surface area contributed by atoms with Gasteiger partial charge in [0.2, 0.25) is 0 Å². The van der Waals surface area contributed by atoms with Crippen molar-refractivity contribution in [3.63, 3.8) is 0 Å². The van der Waals surface area contributed by atoms with Crippen LogP contribution in [0.25, 0.3) is 0 Å². The third kappa shape index (κ3) is 3.64. The predicted molar refractivity (Wildman–Crippen MR) is 77.6 cm³/mol. The SMILES string of the molecule is CN/N=C(\CC(C)=O)c1ccc2c(c1)CCNCC2. The van der Waals surface area contributed by atoms with E-state index in [9.17, 15) is 4.79 Å². The van der Waals surface area contributed by atoms with Crippen LogP contribution in [0.2, 0.25) is 0 Å². The van der Waals surface area contributed by atoms with Crippen molar-refractivity contribution in [3.05, 3.63) is 34.9 Å². The first-order chi connectivity index (χ1) is 9.20. The maximum Gasteiger partial charge on any atom is 0.135 e. The molecule has 0 radical (unpaired) electrons. The Morgan fingerprint density at radius 3 is 2.74 bits per heavy atom. The minimum Gasteiger partial charge on any atom is -0.316 e. The fourth-order valence-corrected chi connectivity index (χ4v) is 2.43. The summed E-state index contributed by atoms with van der Waals surface area (Å²) < 4.78 is 0. The van der Waals surface area contributed by atoms with E-state index in [2.05, 4.69) is 34.0 Å². The van der Waals surface area contributed by atoms with Crippen molar-refractivity contribution in [2.75, 3.05) is 20.1 Å². The number of hydrazone groups is 1. The van der Waals surface area contributed by atoms with E-state index in [0.29, 0.717) is 6.42 Å². The number of hydrogen-bond donors (Lipinski definition) is 2. The Morgan fingerprint density at radius 1 is 1.32 bits per heavy atom. The van der Waals surface area contributed by atoms with E-state index in [1.807, 2.05) is 0 Å². The Balaban J connectivity index is 2.30. The molecule has 2 rings (SSSR count). The van der Waals surface area contributed by atoms with Crippen LogP contribution in [0.3, 0.4) is 0 Å². The predicted octanol–water partition coefficient (Wildman–Crippen LogP) is 1.28. The minimum absolute atomic E-state index is 0.130. The zero-order chi connectivity index (χ0) is 13.7. The highest BCUT2D eigenvalue weighted by Crippen LogP contribution is 2.17. The number of fused-ring (bicyclic) bond motifs is 1. The van der Waals surface area contributed by atoms with Crippen molar-refractivity contribution in [1.29, 1.82) is 0 Å². The molecule has 0 atom stereocenters. The fraction of sp³-hybridized carbons (Fsp3) is 0.467. The van der Waals surface area contributed by atoms with Crippen LogP contribution in [-0.2, 0) is 17.6 Å². The lowest BCUT2D eigenvalue weighted by Crippen LogP contribution is -2.16. The van der Waals surface area contributed by atoms with Crippen LogP contribution in [0.15, 0.2) is 23.3 Å². The van der Waals surface area contributed by atoms with E-state index in [-0.39, 0.29) is 5.78 Å². The lowest BCUT2D eigenvalue weighted by molar-refractivity contribution is -0.115. The highest BCUT2D eigenvalue weighted by Gasteiger charge is 2.12. The Labute approximate surface area is 114 Å². The molecule has 1 aliphatic rings. The van der Waals surface area contributed by atoms with Crippen molar-refractivity contribution in [1.82, 2.24) is 10.7 Å². The van der Waals surface area contributed by atoms with Crippen LogP contribution >= 0.6 is 0 Å². The molecule has 0 bridgehead atoms. The Kier molecular flexibility index (Phi) is 4.68. The number of hydrogen-bond acceptors (Lipinski definition) is 4. The van der Waals surface area contributed by atoms with Crippen molar-refractivity contribution < 1.29 is 4.79 Å². The number of nitrogens with one attached hydrogen (secondary N) is 2. The second-order valence-corrected chi connectivity index (χ2v) is 4.89. The summed E-state index contributed by atoms with van der Waals surface area (Å²) in [6.07, 6.45) is 2.48. The van der Waals surface area contributed by atoms with Crippen LogP contribution in [0, 0.1) is 0 Å². The molecule has 0 amide bonds. The quantitative estimate of drug-likeness (QED) is 0.632. The van der Waals surface area contributed by atoms with Gasteiger partial charge < -0.3 is 10.7 Å². The van der Waals surface area contributed by atoms with Crippen LogP contribution < -0.4 is 10.7 Å². The van der Waals surface area contributed by atoms with Gasteiger partial charge in [-0.2, -0.15) is 5.10 Å².